The van der Waals surface area contributed by atoms with Crippen molar-refractivity contribution >= 4 is 11.3 Å². The van der Waals surface area contributed by atoms with E-state index < -0.39 is 0 Å². The maximum Gasteiger partial charge on any atom is 0.347 e. The van der Waals surface area contributed by atoms with Crippen molar-refractivity contribution in [2.75, 3.05) is 11.9 Å². The van der Waals surface area contributed by atoms with Crippen LogP contribution in [0.4, 0.5) is 5.69 Å². The SMILES string of the molecule is Cc1cc(NCCCn2ccnc2)c2n[nH]c(=O)n2c1. The second-order valence-corrected chi connectivity index (χ2v) is 4.73. The molecule has 3 aromatic heterocycles. The number of rotatable bonds is 5. The minimum Gasteiger partial charge on any atom is -0.382 e. The molecule has 0 saturated heterocycles. The molecule has 20 heavy (non-hydrogen) atoms. The minimum atomic E-state index is -0.217. The molecule has 3 rings (SSSR count). The van der Waals surface area contributed by atoms with Crippen molar-refractivity contribution in [2.45, 2.75) is 19.9 Å². The molecule has 0 aliphatic rings. The average molecular weight is 272 g/mol. The zero-order chi connectivity index (χ0) is 13.9. The summed E-state index contributed by atoms with van der Waals surface area (Å²) in [6.45, 7) is 3.66. The summed E-state index contributed by atoms with van der Waals surface area (Å²) in [6, 6.07) is 1.99. The van der Waals surface area contributed by atoms with Crippen LogP contribution in [0.3, 0.4) is 0 Å². The van der Waals surface area contributed by atoms with Crippen molar-refractivity contribution in [3.05, 3.63) is 47.0 Å². The van der Waals surface area contributed by atoms with E-state index in [0.717, 1.165) is 30.8 Å². The molecular formula is C13H16N6O. The van der Waals surface area contributed by atoms with E-state index in [9.17, 15) is 4.79 Å². The maximum atomic E-state index is 11.6. The standard InChI is InChI=1S/C13H16N6O/c1-10-7-11(12-16-17-13(20)19(12)8-10)15-3-2-5-18-6-4-14-9-18/h4,6-9,15H,2-3,5H2,1H3,(H,17,20). The molecule has 7 nitrogen and oxygen atoms in total. The fourth-order valence-corrected chi connectivity index (χ4v) is 2.18. The summed E-state index contributed by atoms with van der Waals surface area (Å²) in [7, 11) is 0. The summed E-state index contributed by atoms with van der Waals surface area (Å²) < 4.78 is 3.56. The first-order chi connectivity index (χ1) is 9.74. The Kier molecular flexibility index (Phi) is 3.24. The molecule has 7 heteroatoms. The van der Waals surface area contributed by atoms with Gasteiger partial charge in [0.2, 0.25) is 0 Å². The summed E-state index contributed by atoms with van der Waals surface area (Å²) in [4.78, 5) is 15.6. The van der Waals surface area contributed by atoms with Gasteiger partial charge in [-0.1, -0.05) is 0 Å². The van der Waals surface area contributed by atoms with E-state index >= 15 is 0 Å². The van der Waals surface area contributed by atoms with Gasteiger partial charge in [0, 0.05) is 31.7 Å². The quantitative estimate of drug-likeness (QED) is 0.680. The normalized spacial score (nSPS) is 11.1. The molecule has 3 aromatic rings. The molecule has 2 N–H and O–H groups in total. The van der Waals surface area contributed by atoms with Crippen molar-refractivity contribution < 1.29 is 0 Å². The molecule has 0 unspecified atom stereocenters. The molecule has 3 heterocycles. The molecule has 0 atom stereocenters. The summed E-state index contributed by atoms with van der Waals surface area (Å²) in [6.07, 6.45) is 8.26. The van der Waals surface area contributed by atoms with Gasteiger partial charge in [-0.25, -0.2) is 19.3 Å². The summed E-state index contributed by atoms with van der Waals surface area (Å²) in [5, 5.41) is 9.83. The zero-order valence-electron chi connectivity index (χ0n) is 11.2. The van der Waals surface area contributed by atoms with Crippen LogP contribution in [0, 0.1) is 6.92 Å². The van der Waals surface area contributed by atoms with Crippen LogP contribution >= 0.6 is 0 Å². The highest BCUT2D eigenvalue weighted by Gasteiger charge is 2.06. The van der Waals surface area contributed by atoms with Gasteiger partial charge in [0.25, 0.3) is 0 Å². The van der Waals surface area contributed by atoms with Gasteiger partial charge < -0.3 is 9.88 Å². The minimum absolute atomic E-state index is 0.217. The Morgan fingerprint density at radius 1 is 1.45 bits per heavy atom. The van der Waals surface area contributed by atoms with E-state index in [1.165, 1.54) is 4.40 Å². The second-order valence-electron chi connectivity index (χ2n) is 4.73. The Hall–Kier alpha value is -2.57. The Morgan fingerprint density at radius 2 is 2.35 bits per heavy atom. The van der Waals surface area contributed by atoms with Crippen LogP contribution in [0.15, 0.2) is 35.8 Å². The van der Waals surface area contributed by atoms with E-state index in [-0.39, 0.29) is 5.69 Å². The number of aromatic amines is 1. The monoisotopic (exact) mass is 272 g/mol. The van der Waals surface area contributed by atoms with E-state index in [4.69, 9.17) is 0 Å². The van der Waals surface area contributed by atoms with Gasteiger partial charge >= 0.3 is 5.69 Å². The van der Waals surface area contributed by atoms with Crippen LogP contribution in [0.5, 0.6) is 0 Å². The highest BCUT2D eigenvalue weighted by atomic mass is 16.1. The molecule has 0 aliphatic carbocycles. The van der Waals surface area contributed by atoms with Gasteiger partial charge in [0.15, 0.2) is 5.65 Å². The average Bonchev–Trinajstić information content (AvgIpc) is 3.05. The van der Waals surface area contributed by atoms with Crippen LogP contribution in [0.1, 0.15) is 12.0 Å². The topological polar surface area (TPSA) is 80.0 Å². The number of imidazole rings is 1. The van der Waals surface area contributed by atoms with Crippen LogP contribution in [-0.2, 0) is 6.54 Å². The van der Waals surface area contributed by atoms with Gasteiger partial charge in [0.05, 0.1) is 12.0 Å². The van der Waals surface area contributed by atoms with Gasteiger partial charge in [-0.3, -0.25) is 0 Å². The number of hydrogen-bond acceptors (Lipinski definition) is 4. The van der Waals surface area contributed by atoms with Gasteiger partial charge in [-0.05, 0) is 25.0 Å². The summed E-state index contributed by atoms with van der Waals surface area (Å²) in [5.41, 5.74) is 2.29. The lowest BCUT2D eigenvalue weighted by molar-refractivity contribution is 0.661. The van der Waals surface area contributed by atoms with Crippen molar-refractivity contribution in [1.82, 2.24) is 24.1 Å². The number of hydrogen-bond donors (Lipinski definition) is 2. The lowest BCUT2D eigenvalue weighted by Gasteiger charge is -2.08. The molecule has 0 bridgehead atoms. The third-order valence-corrected chi connectivity index (χ3v) is 3.12. The maximum absolute atomic E-state index is 11.6. The molecule has 0 radical (unpaired) electrons. The van der Waals surface area contributed by atoms with E-state index in [2.05, 4.69) is 20.5 Å². The number of nitrogens with zero attached hydrogens (tertiary/aromatic N) is 4. The molecule has 0 saturated carbocycles. The molecule has 0 spiro atoms. The number of H-pyrrole nitrogens is 1. The molecular weight excluding hydrogens is 256 g/mol. The number of aryl methyl sites for hydroxylation is 2. The van der Waals surface area contributed by atoms with E-state index in [1.54, 1.807) is 18.7 Å². The highest BCUT2D eigenvalue weighted by Crippen LogP contribution is 2.15. The Morgan fingerprint density at radius 3 is 3.15 bits per heavy atom. The van der Waals surface area contributed by atoms with Crippen LogP contribution in [-0.4, -0.2) is 30.7 Å². The van der Waals surface area contributed by atoms with Crippen molar-refractivity contribution in [2.24, 2.45) is 0 Å². The largest absolute Gasteiger partial charge is 0.382 e. The van der Waals surface area contributed by atoms with Gasteiger partial charge in [-0.2, -0.15) is 5.10 Å². The van der Waals surface area contributed by atoms with Crippen LogP contribution in [0.2, 0.25) is 0 Å². The first-order valence-electron chi connectivity index (χ1n) is 6.51. The van der Waals surface area contributed by atoms with E-state index in [1.807, 2.05) is 23.8 Å². The van der Waals surface area contributed by atoms with Crippen molar-refractivity contribution in [3.8, 4) is 0 Å². The number of anilines is 1. The predicted octanol–water partition coefficient (Wildman–Crippen LogP) is 1.03. The fraction of sp³-hybridized carbons (Fsp3) is 0.308. The molecule has 104 valence electrons. The zero-order valence-corrected chi connectivity index (χ0v) is 11.2. The number of pyridine rings is 1. The smallest absolute Gasteiger partial charge is 0.347 e. The van der Waals surface area contributed by atoms with Gasteiger partial charge in [-0.15, -0.1) is 0 Å². The van der Waals surface area contributed by atoms with Gasteiger partial charge in [0.1, 0.15) is 0 Å². The van der Waals surface area contributed by atoms with Crippen molar-refractivity contribution in [3.63, 3.8) is 0 Å². The Balaban J connectivity index is 1.69. The number of nitrogens with one attached hydrogen (secondary N) is 2. The lowest BCUT2D eigenvalue weighted by Crippen LogP contribution is -2.11. The molecule has 0 amide bonds. The third kappa shape index (κ3) is 2.42. The van der Waals surface area contributed by atoms with Crippen LogP contribution in [0.25, 0.3) is 5.65 Å². The molecule has 0 aromatic carbocycles. The number of aromatic nitrogens is 5. The van der Waals surface area contributed by atoms with Crippen molar-refractivity contribution in [1.29, 1.82) is 0 Å². The van der Waals surface area contributed by atoms with Crippen LogP contribution < -0.4 is 11.0 Å². The summed E-state index contributed by atoms with van der Waals surface area (Å²) >= 11 is 0. The second kappa shape index (κ2) is 5.20. The molecule has 0 aliphatic heterocycles. The highest BCUT2D eigenvalue weighted by molar-refractivity contribution is 5.67. The first kappa shape index (κ1) is 12.5. The summed E-state index contributed by atoms with van der Waals surface area (Å²) in [5.74, 6) is 0. The van der Waals surface area contributed by atoms with E-state index in [0.29, 0.717) is 5.65 Å². The first-order valence-corrected chi connectivity index (χ1v) is 6.51. The Bertz CT molecular complexity index is 755. The predicted molar refractivity (Wildman–Crippen MR) is 75.9 cm³/mol. The third-order valence-electron chi connectivity index (χ3n) is 3.12. The fourth-order valence-electron chi connectivity index (χ4n) is 2.18. The number of fused-ring (bicyclic) bond motifs is 1. The molecule has 0 fully saturated rings. The Labute approximate surface area is 115 Å². The lowest BCUT2D eigenvalue weighted by atomic mass is 10.2.